The average molecular weight is 309 g/mol. The molecule has 2 unspecified atom stereocenters. The Morgan fingerprint density at radius 2 is 1.81 bits per heavy atom. The SMILES string of the molecule is CCN1CCC(C(C)NC(C)Cc2ccc(Cl)cc2)CC1. The summed E-state index contributed by atoms with van der Waals surface area (Å²) >= 11 is 5.94. The van der Waals surface area contributed by atoms with E-state index in [1.165, 1.54) is 38.0 Å². The van der Waals surface area contributed by atoms with E-state index in [1.807, 2.05) is 12.1 Å². The Kier molecular flexibility index (Phi) is 6.53. The van der Waals surface area contributed by atoms with Crippen molar-refractivity contribution < 1.29 is 0 Å². The maximum absolute atomic E-state index is 5.94. The van der Waals surface area contributed by atoms with Crippen molar-refractivity contribution in [2.45, 2.75) is 52.1 Å². The summed E-state index contributed by atoms with van der Waals surface area (Å²) in [6.07, 6.45) is 3.72. The number of nitrogens with zero attached hydrogens (tertiary/aromatic N) is 1. The summed E-state index contributed by atoms with van der Waals surface area (Å²) in [6.45, 7) is 10.6. The van der Waals surface area contributed by atoms with Crippen LogP contribution in [0.2, 0.25) is 5.02 Å². The standard InChI is InChI=1S/C18H29ClN2/c1-4-21-11-9-17(10-12-21)15(3)20-14(2)13-16-5-7-18(19)8-6-16/h5-8,14-15,17,20H,4,9-13H2,1-3H3. The van der Waals surface area contributed by atoms with Crippen molar-refractivity contribution in [3.8, 4) is 0 Å². The smallest absolute Gasteiger partial charge is 0.0406 e. The summed E-state index contributed by atoms with van der Waals surface area (Å²) < 4.78 is 0. The largest absolute Gasteiger partial charge is 0.311 e. The zero-order chi connectivity index (χ0) is 15.2. The number of halogens is 1. The number of hydrogen-bond acceptors (Lipinski definition) is 2. The molecule has 1 N–H and O–H groups in total. The van der Waals surface area contributed by atoms with E-state index in [4.69, 9.17) is 11.6 Å². The van der Waals surface area contributed by atoms with Gasteiger partial charge in [-0.2, -0.15) is 0 Å². The molecule has 1 heterocycles. The van der Waals surface area contributed by atoms with E-state index < -0.39 is 0 Å². The highest BCUT2D eigenvalue weighted by atomic mass is 35.5. The van der Waals surface area contributed by atoms with Gasteiger partial charge in [-0.1, -0.05) is 30.7 Å². The van der Waals surface area contributed by atoms with Crippen LogP contribution in [0, 0.1) is 5.92 Å². The van der Waals surface area contributed by atoms with Crippen molar-refractivity contribution in [2.24, 2.45) is 5.92 Å². The van der Waals surface area contributed by atoms with E-state index >= 15 is 0 Å². The molecule has 0 spiro atoms. The van der Waals surface area contributed by atoms with Gasteiger partial charge in [0, 0.05) is 17.1 Å². The fourth-order valence-electron chi connectivity index (χ4n) is 3.39. The minimum Gasteiger partial charge on any atom is -0.311 e. The van der Waals surface area contributed by atoms with Gasteiger partial charge < -0.3 is 10.2 Å². The first-order valence-corrected chi connectivity index (χ1v) is 8.69. The summed E-state index contributed by atoms with van der Waals surface area (Å²) in [6, 6.07) is 9.33. The normalized spacial score (nSPS) is 20.4. The molecule has 2 nitrogen and oxygen atoms in total. The Labute approximate surface area is 134 Å². The first-order chi connectivity index (χ1) is 10.1. The molecule has 3 heteroatoms. The molecule has 1 aliphatic rings. The Morgan fingerprint density at radius 1 is 1.19 bits per heavy atom. The van der Waals surface area contributed by atoms with Gasteiger partial charge in [0.2, 0.25) is 0 Å². The minimum absolute atomic E-state index is 0.505. The molecule has 0 aliphatic carbocycles. The molecule has 21 heavy (non-hydrogen) atoms. The zero-order valence-electron chi connectivity index (χ0n) is 13.6. The molecule has 2 rings (SSSR count). The lowest BCUT2D eigenvalue weighted by Crippen LogP contribution is -2.45. The molecule has 1 aliphatic heterocycles. The van der Waals surface area contributed by atoms with Gasteiger partial charge >= 0.3 is 0 Å². The minimum atomic E-state index is 0.505. The molecule has 1 aromatic rings. The highest BCUT2D eigenvalue weighted by Crippen LogP contribution is 2.21. The number of nitrogens with one attached hydrogen (secondary N) is 1. The zero-order valence-corrected chi connectivity index (χ0v) is 14.4. The van der Waals surface area contributed by atoms with E-state index in [-0.39, 0.29) is 0 Å². The molecule has 0 amide bonds. The number of piperidine rings is 1. The van der Waals surface area contributed by atoms with E-state index in [1.54, 1.807) is 0 Å². The Balaban J connectivity index is 1.76. The number of likely N-dealkylation sites (tertiary alicyclic amines) is 1. The predicted molar refractivity (Wildman–Crippen MR) is 92.1 cm³/mol. The summed E-state index contributed by atoms with van der Waals surface area (Å²) in [7, 11) is 0. The van der Waals surface area contributed by atoms with Crippen LogP contribution in [0.3, 0.4) is 0 Å². The highest BCUT2D eigenvalue weighted by Gasteiger charge is 2.23. The molecular weight excluding hydrogens is 280 g/mol. The van der Waals surface area contributed by atoms with Crippen LogP contribution < -0.4 is 5.32 Å². The second kappa shape index (κ2) is 8.17. The van der Waals surface area contributed by atoms with Crippen molar-refractivity contribution in [3.05, 3.63) is 34.9 Å². The molecule has 2 atom stereocenters. The van der Waals surface area contributed by atoms with Crippen molar-refractivity contribution >= 4 is 11.6 Å². The van der Waals surface area contributed by atoms with Gasteiger partial charge in [-0.05, 0) is 76.4 Å². The molecule has 1 fully saturated rings. The number of rotatable bonds is 6. The lowest BCUT2D eigenvalue weighted by atomic mass is 9.89. The van der Waals surface area contributed by atoms with Crippen LogP contribution in [0.25, 0.3) is 0 Å². The van der Waals surface area contributed by atoms with Crippen LogP contribution in [-0.2, 0) is 6.42 Å². The van der Waals surface area contributed by atoms with Crippen LogP contribution >= 0.6 is 11.6 Å². The number of benzene rings is 1. The van der Waals surface area contributed by atoms with Gasteiger partial charge in [-0.15, -0.1) is 0 Å². The molecule has 0 saturated carbocycles. The quantitative estimate of drug-likeness (QED) is 0.855. The molecule has 1 saturated heterocycles. The van der Waals surface area contributed by atoms with Crippen molar-refractivity contribution in [3.63, 3.8) is 0 Å². The molecule has 1 aromatic carbocycles. The number of hydrogen-bond donors (Lipinski definition) is 1. The second-order valence-corrected chi connectivity index (χ2v) is 6.90. The van der Waals surface area contributed by atoms with Gasteiger partial charge in [-0.3, -0.25) is 0 Å². The Bertz CT molecular complexity index is 410. The monoisotopic (exact) mass is 308 g/mol. The van der Waals surface area contributed by atoms with Crippen LogP contribution in [0.5, 0.6) is 0 Å². The first-order valence-electron chi connectivity index (χ1n) is 8.31. The maximum atomic E-state index is 5.94. The lowest BCUT2D eigenvalue weighted by Gasteiger charge is -2.35. The van der Waals surface area contributed by atoms with Gasteiger partial charge in [0.05, 0.1) is 0 Å². The summed E-state index contributed by atoms with van der Waals surface area (Å²) in [5.41, 5.74) is 1.35. The molecule has 0 radical (unpaired) electrons. The third kappa shape index (κ3) is 5.28. The van der Waals surface area contributed by atoms with Gasteiger partial charge in [0.1, 0.15) is 0 Å². The Hall–Kier alpha value is -0.570. The van der Waals surface area contributed by atoms with E-state index in [2.05, 4.69) is 43.1 Å². The van der Waals surface area contributed by atoms with E-state index in [9.17, 15) is 0 Å². The molecule has 0 bridgehead atoms. The van der Waals surface area contributed by atoms with Gasteiger partial charge in [-0.25, -0.2) is 0 Å². The van der Waals surface area contributed by atoms with Gasteiger partial charge in [0.15, 0.2) is 0 Å². The molecular formula is C18H29ClN2. The van der Waals surface area contributed by atoms with Crippen molar-refractivity contribution in [1.82, 2.24) is 10.2 Å². The van der Waals surface area contributed by atoms with E-state index in [0.717, 1.165) is 17.4 Å². The second-order valence-electron chi connectivity index (χ2n) is 6.46. The van der Waals surface area contributed by atoms with Crippen molar-refractivity contribution in [2.75, 3.05) is 19.6 Å². The van der Waals surface area contributed by atoms with Gasteiger partial charge in [0.25, 0.3) is 0 Å². The molecule has 118 valence electrons. The predicted octanol–water partition coefficient (Wildman–Crippen LogP) is 3.98. The Morgan fingerprint density at radius 3 is 2.38 bits per heavy atom. The summed E-state index contributed by atoms with van der Waals surface area (Å²) in [5.74, 6) is 0.820. The maximum Gasteiger partial charge on any atom is 0.0406 e. The average Bonchev–Trinajstić information content (AvgIpc) is 2.49. The lowest BCUT2D eigenvalue weighted by molar-refractivity contribution is 0.165. The van der Waals surface area contributed by atoms with Crippen LogP contribution in [0.4, 0.5) is 0 Å². The summed E-state index contributed by atoms with van der Waals surface area (Å²) in [4.78, 5) is 2.56. The molecule has 0 aromatic heterocycles. The fourth-order valence-corrected chi connectivity index (χ4v) is 3.51. The van der Waals surface area contributed by atoms with Crippen LogP contribution in [-0.4, -0.2) is 36.6 Å². The van der Waals surface area contributed by atoms with Crippen LogP contribution in [0.15, 0.2) is 24.3 Å². The topological polar surface area (TPSA) is 15.3 Å². The highest BCUT2D eigenvalue weighted by molar-refractivity contribution is 6.30. The fraction of sp³-hybridized carbons (Fsp3) is 0.667. The summed E-state index contributed by atoms with van der Waals surface area (Å²) in [5, 5.41) is 4.61. The third-order valence-electron chi connectivity index (χ3n) is 4.79. The van der Waals surface area contributed by atoms with Crippen LogP contribution in [0.1, 0.15) is 39.2 Å². The van der Waals surface area contributed by atoms with Crippen molar-refractivity contribution in [1.29, 1.82) is 0 Å². The van der Waals surface area contributed by atoms with E-state index in [0.29, 0.717) is 12.1 Å². The third-order valence-corrected chi connectivity index (χ3v) is 5.04. The first kappa shape index (κ1) is 16.8.